The van der Waals surface area contributed by atoms with Gasteiger partial charge in [-0.15, -0.1) is 0 Å². The molecule has 0 saturated heterocycles. The maximum absolute atomic E-state index is 3.63. The zero-order chi connectivity index (χ0) is 13.6. The van der Waals surface area contributed by atoms with Gasteiger partial charge in [-0.3, -0.25) is 0 Å². The molecular formula is C15H24BrNS. The van der Waals surface area contributed by atoms with Gasteiger partial charge in [0.05, 0.1) is 0 Å². The van der Waals surface area contributed by atoms with E-state index < -0.39 is 0 Å². The summed E-state index contributed by atoms with van der Waals surface area (Å²) in [5, 5.41) is 3.59. The maximum Gasteiger partial charge on any atom is 0.0207 e. The Kier molecular flexibility index (Phi) is 6.75. The highest BCUT2D eigenvalue weighted by Crippen LogP contribution is 2.25. The number of hydrogen-bond donors (Lipinski definition) is 1. The largest absolute Gasteiger partial charge is 0.313 e. The van der Waals surface area contributed by atoms with Crippen LogP contribution in [0.15, 0.2) is 28.7 Å². The van der Waals surface area contributed by atoms with E-state index in [0.717, 1.165) is 18.7 Å². The molecule has 3 heteroatoms. The second-order valence-corrected chi connectivity index (χ2v) is 8.17. The summed E-state index contributed by atoms with van der Waals surface area (Å²) in [7, 11) is 0. The van der Waals surface area contributed by atoms with Crippen LogP contribution in [-0.4, -0.2) is 23.1 Å². The number of rotatable bonds is 6. The van der Waals surface area contributed by atoms with Gasteiger partial charge in [0.2, 0.25) is 0 Å². The smallest absolute Gasteiger partial charge is 0.0207 e. The highest BCUT2D eigenvalue weighted by Gasteiger charge is 2.16. The number of halogens is 1. The van der Waals surface area contributed by atoms with Crippen molar-refractivity contribution in [3.05, 3.63) is 34.3 Å². The van der Waals surface area contributed by atoms with Gasteiger partial charge in [0.1, 0.15) is 0 Å². The molecule has 0 amide bonds. The molecule has 18 heavy (non-hydrogen) atoms. The molecular weight excluding hydrogens is 306 g/mol. The van der Waals surface area contributed by atoms with Gasteiger partial charge < -0.3 is 5.32 Å². The number of nitrogens with one attached hydrogen (secondary N) is 1. The second kappa shape index (κ2) is 7.56. The molecule has 1 nitrogen and oxygen atoms in total. The summed E-state index contributed by atoms with van der Waals surface area (Å²) in [6.45, 7) is 10.0. The van der Waals surface area contributed by atoms with Gasteiger partial charge in [-0.2, -0.15) is 11.8 Å². The summed E-state index contributed by atoms with van der Waals surface area (Å²) >= 11 is 5.66. The Morgan fingerprint density at radius 2 is 1.94 bits per heavy atom. The van der Waals surface area contributed by atoms with Crippen molar-refractivity contribution in [2.45, 2.75) is 44.9 Å². The van der Waals surface area contributed by atoms with Crippen molar-refractivity contribution in [1.82, 2.24) is 5.32 Å². The Hall–Kier alpha value is 0.01000. The van der Waals surface area contributed by atoms with E-state index in [1.165, 1.54) is 10.0 Å². The molecule has 0 spiro atoms. The Balaban J connectivity index is 2.60. The third kappa shape index (κ3) is 6.26. The first-order valence-electron chi connectivity index (χ1n) is 6.53. The van der Waals surface area contributed by atoms with E-state index in [0.29, 0.717) is 10.8 Å². The molecule has 0 saturated carbocycles. The van der Waals surface area contributed by atoms with Gasteiger partial charge in [-0.05, 0) is 24.6 Å². The Bertz CT molecular complexity index is 360. The normalized spacial score (nSPS) is 13.6. The summed E-state index contributed by atoms with van der Waals surface area (Å²) < 4.78 is 1.55. The van der Waals surface area contributed by atoms with Crippen LogP contribution in [0.2, 0.25) is 0 Å². The molecule has 1 N–H and O–H groups in total. The predicted molar refractivity (Wildman–Crippen MR) is 87.5 cm³/mol. The quantitative estimate of drug-likeness (QED) is 0.824. The van der Waals surface area contributed by atoms with Gasteiger partial charge in [-0.1, -0.05) is 61.8 Å². The SMILES string of the molecule is CCNC(CSC(C)(C)C)Cc1ccccc1Br. The summed E-state index contributed by atoms with van der Waals surface area (Å²) in [6, 6.07) is 9.04. The molecule has 0 aliphatic heterocycles. The molecule has 1 aromatic carbocycles. The van der Waals surface area contributed by atoms with E-state index >= 15 is 0 Å². The zero-order valence-corrected chi connectivity index (χ0v) is 14.2. The molecule has 0 aromatic heterocycles. The standard InChI is InChI=1S/C15H24BrNS/c1-5-17-13(11-18-15(2,3)4)10-12-8-6-7-9-14(12)16/h6-9,13,17H,5,10-11H2,1-4H3. The predicted octanol–water partition coefficient (Wildman–Crippen LogP) is 4.50. The molecule has 0 radical (unpaired) electrons. The first kappa shape index (κ1) is 16.1. The van der Waals surface area contributed by atoms with Crippen LogP contribution < -0.4 is 5.32 Å². The van der Waals surface area contributed by atoms with E-state index in [1.807, 2.05) is 11.8 Å². The lowest BCUT2D eigenvalue weighted by Crippen LogP contribution is -2.34. The average molecular weight is 330 g/mol. The number of benzene rings is 1. The van der Waals surface area contributed by atoms with Crippen molar-refractivity contribution in [1.29, 1.82) is 0 Å². The van der Waals surface area contributed by atoms with Crippen LogP contribution in [0.3, 0.4) is 0 Å². The fraction of sp³-hybridized carbons (Fsp3) is 0.600. The lowest BCUT2D eigenvalue weighted by Gasteiger charge is -2.24. The van der Waals surface area contributed by atoms with Crippen LogP contribution in [0.4, 0.5) is 0 Å². The molecule has 0 fully saturated rings. The third-order valence-corrected chi connectivity index (χ3v) is 4.84. The van der Waals surface area contributed by atoms with Gasteiger partial charge in [0, 0.05) is 21.0 Å². The minimum atomic E-state index is 0.335. The maximum atomic E-state index is 3.63. The Morgan fingerprint density at radius 1 is 1.28 bits per heavy atom. The Labute approximate surface area is 124 Å². The zero-order valence-electron chi connectivity index (χ0n) is 11.8. The topological polar surface area (TPSA) is 12.0 Å². The van der Waals surface area contributed by atoms with Gasteiger partial charge >= 0.3 is 0 Å². The third-order valence-electron chi connectivity index (χ3n) is 2.63. The lowest BCUT2D eigenvalue weighted by molar-refractivity contribution is 0.569. The summed E-state index contributed by atoms with van der Waals surface area (Å²) in [5.74, 6) is 1.15. The fourth-order valence-corrected chi connectivity index (χ4v) is 3.14. The molecule has 1 rings (SSSR count). The van der Waals surface area contributed by atoms with Crippen LogP contribution >= 0.6 is 27.7 Å². The van der Waals surface area contributed by atoms with Gasteiger partial charge in [0.15, 0.2) is 0 Å². The molecule has 0 heterocycles. The monoisotopic (exact) mass is 329 g/mol. The molecule has 0 aliphatic carbocycles. The fourth-order valence-electron chi connectivity index (χ4n) is 1.76. The Morgan fingerprint density at radius 3 is 2.50 bits per heavy atom. The van der Waals surface area contributed by atoms with Gasteiger partial charge in [-0.25, -0.2) is 0 Å². The van der Waals surface area contributed by atoms with E-state index in [9.17, 15) is 0 Å². The van der Waals surface area contributed by atoms with Crippen molar-refractivity contribution >= 4 is 27.7 Å². The first-order chi connectivity index (χ1) is 8.42. The summed E-state index contributed by atoms with van der Waals surface area (Å²) in [5.41, 5.74) is 1.39. The van der Waals surface area contributed by atoms with Crippen LogP contribution in [0.25, 0.3) is 0 Å². The van der Waals surface area contributed by atoms with Crippen molar-refractivity contribution < 1.29 is 0 Å². The molecule has 0 bridgehead atoms. The molecule has 1 atom stereocenters. The highest BCUT2D eigenvalue weighted by atomic mass is 79.9. The summed E-state index contributed by atoms with van der Waals surface area (Å²) in [4.78, 5) is 0. The van der Waals surface area contributed by atoms with E-state index in [-0.39, 0.29) is 0 Å². The summed E-state index contributed by atoms with van der Waals surface area (Å²) in [6.07, 6.45) is 1.08. The highest BCUT2D eigenvalue weighted by molar-refractivity contribution is 9.10. The number of likely N-dealkylation sites (N-methyl/N-ethyl adjacent to an activating group) is 1. The molecule has 1 unspecified atom stereocenters. The number of thioether (sulfide) groups is 1. The van der Waals surface area contributed by atoms with Crippen LogP contribution in [0.5, 0.6) is 0 Å². The molecule has 102 valence electrons. The van der Waals surface area contributed by atoms with Crippen LogP contribution in [0, 0.1) is 0 Å². The van der Waals surface area contributed by atoms with Crippen LogP contribution in [0.1, 0.15) is 33.3 Å². The molecule has 0 aliphatic rings. The van der Waals surface area contributed by atoms with Crippen LogP contribution in [-0.2, 0) is 6.42 Å². The van der Waals surface area contributed by atoms with E-state index in [2.05, 4.69) is 73.2 Å². The van der Waals surface area contributed by atoms with Crippen molar-refractivity contribution in [2.75, 3.05) is 12.3 Å². The van der Waals surface area contributed by atoms with Gasteiger partial charge in [0.25, 0.3) is 0 Å². The number of hydrogen-bond acceptors (Lipinski definition) is 2. The average Bonchev–Trinajstić information content (AvgIpc) is 2.28. The minimum absolute atomic E-state index is 0.335. The molecule has 1 aromatic rings. The van der Waals surface area contributed by atoms with E-state index in [1.54, 1.807) is 0 Å². The van der Waals surface area contributed by atoms with Crippen molar-refractivity contribution in [3.8, 4) is 0 Å². The van der Waals surface area contributed by atoms with Crippen molar-refractivity contribution in [3.63, 3.8) is 0 Å². The lowest BCUT2D eigenvalue weighted by atomic mass is 10.1. The first-order valence-corrected chi connectivity index (χ1v) is 8.31. The second-order valence-electron chi connectivity index (χ2n) is 5.47. The van der Waals surface area contributed by atoms with E-state index in [4.69, 9.17) is 0 Å². The minimum Gasteiger partial charge on any atom is -0.313 e. The van der Waals surface area contributed by atoms with Crippen molar-refractivity contribution in [2.24, 2.45) is 0 Å².